The Kier molecular flexibility index (Phi) is 3.01. The first-order valence-corrected chi connectivity index (χ1v) is 6.27. The highest BCUT2D eigenvalue weighted by molar-refractivity contribution is 6.40. The Hall–Kier alpha value is 0.0649. The van der Waals surface area contributed by atoms with Crippen LogP contribution in [0.15, 0.2) is 0 Å². The van der Waals surface area contributed by atoms with E-state index in [-0.39, 0.29) is 0 Å². The molecule has 4 atom stereocenters. The fraction of sp³-hybridized carbons (Fsp3) is 1.00. The minimum absolute atomic E-state index is 1.03. The van der Waals surface area contributed by atoms with Gasteiger partial charge in [-0.15, -0.1) is 0 Å². The van der Waals surface area contributed by atoms with Gasteiger partial charge in [-0.05, 0) is 11.8 Å². The third-order valence-corrected chi connectivity index (χ3v) is 4.68. The van der Waals surface area contributed by atoms with Crippen molar-refractivity contribution in [3.8, 4) is 0 Å². The summed E-state index contributed by atoms with van der Waals surface area (Å²) in [7, 11) is 1.56. The molecule has 0 nitrogen and oxygen atoms in total. The third kappa shape index (κ3) is 2.11. The van der Waals surface area contributed by atoms with Crippen molar-refractivity contribution in [3.63, 3.8) is 0 Å². The lowest BCUT2D eigenvalue weighted by molar-refractivity contribution is 0.569. The summed E-state index contributed by atoms with van der Waals surface area (Å²) in [5, 5.41) is 0. The van der Waals surface area contributed by atoms with Crippen molar-refractivity contribution < 1.29 is 0 Å². The highest BCUT2D eigenvalue weighted by Gasteiger charge is 2.31. The maximum Gasteiger partial charge on any atom is 0.128 e. The van der Waals surface area contributed by atoms with Gasteiger partial charge in [0.1, 0.15) is 7.28 Å². The van der Waals surface area contributed by atoms with Crippen molar-refractivity contribution in [2.75, 3.05) is 0 Å². The Morgan fingerprint density at radius 3 is 1.54 bits per heavy atom. The minimum atomic E-state index is 1.03. The maximum absolute atomic E-state index is 2.47. The van der Waals surface area contributed by atoms with Gasteiger partial charge in [-0.1, -0.05) is 64.0 Å². The van der Waals surface area contributed by atoms with Crippen LogP contribution < -0.4 is 0 Å². The summed E-state index contributed by atoms with van der Waals surface area (Å²) in [6.45, 7) is 4.94. The topological polar surface area (TPSA) is 0 Å². The average molecular weight is 178 g/mol. The largest absolute Gasteiger partial charge is 0.128 e. The van der Waals surface area contributed by atoms with E-state index in [0.29, 0.717) is 0 Å². The van der Waals surface area contributed by atoms with Crippen LogP contribution >= 0.6 is 0 Å². The van der Waals surface area contributed by atoms with Crippen LogP contribution in [0.2, 0.25) is 11.6 Å². The fourth-order valence-corrected chi connectivity index (χ4v) is 3.53. The fourth-order valence-electron chi connectivity index (χ4n) is 3.53. The molecule has 13 heavy (non-hydrogen) atoms. The van der Waals surface area contributed by atoms with E-state index in [1.54, 1.807) is 7.28 Å². The van der Waals surface area contributed by atoms with E-state index in [2.05, 4.69) is 13.8 Å². The van der Waals surface area contributed by atoms with Gasteiger partial charge in [-0.25, -0.2) is 0 Å². The Labute approximate surface area is 83.7 Å². The molecule has 1 heteroatoms. The molecule has 0 spiro atoms. The van der Waals surface area contributed by atoms with Crippen LogP contribution in [0.4, 0.5) is 0 Å². The molecule has 4 unspecified atom stereocenters. The van der Waals surface area contributed by atoms with E-state index in [4.69, 9.17) is 0 Å². The lowest BCUT2D eigenvalue weighted by Gasteiger charge is -2.21. The van der Waals surface area contributed by atoms with Crippen LogP contribution in [-0.4, -0.2) is 7.28 Å². The quantitative estimate of drug-likeness (QED) is 0.566. The van der Waals surface area contributed by atoms with Gasteiger partial charge in [0.05, 0.1) is 0 Å². The van der Waals surface area contributed by atoms with Gasteiger partial charge in [0.25, 0.3) is 0 Å². The maximum atomic E-state index is 2.47. The third-order valence-electron chi connectivity index (χ3n) is 4.68. The highest BCUT2D eigenvalue weighted by Crippen LogP contribution is 2.43. The van der Waals surface area contributed by atoms with Crippen molar-refractivity contribution >= 4 is 7.28 Å². The van der Waals surface area contributed by atoms with Crippen LogP contribution in [0.25, 0.3) is 0 Å². The molecule has 0 aromatic carbocycles. The smallest absolute Gasteiger partial charge is 0.0629 e. The predicted molar refractivity (Wildman–Crippen MR) is 60.7 cm³/mol. The molecule has 0 aromatic rings. The predicted octanol–water partition coefficient (Wildman–Crippen LogP) is 3.64. The second-order valence-electron chi connectivity index (χ2n) is 5.57. The van der Waals surface area contributed by atoms with Crippen LogP contribution in [0.5, 0.6) is 0 Å². The molecule has 0 bridgehead atoms. The molecule has 0 saturated heterocycles. The number of hydrogen-bond donors (Lipinski definition) is 0. The van der Waals surface area contributed by atoms with Crippen molar-refractivity contribution in [2.45, 2.75) is 64.0 Å². The van der Waals surface area contributed by atoms with Gasteiger partial charge < -0.3 is 0 Å². The van der Waals surface area contributed by atoms with Crippen LogP contribution in [0, 0.1) is 11.8 Å². The normalized spacial score (nSPS) is 45.4. The van der Waals surface area contributed by atoms with Gasteiger partial charge in [-0.3, -0.25) is 0 Å². The number of rotatable bonds is 2. The van der Waals surface area contributed by atoms with Crippen molar-refractivity contribution in [3.05, 3.63) is 0 Å². The lowest BCUT2D eigenvalue weighted by atomic mass is 9.50. The zero-order chi connectivity index (χ0) is 9.26. The van der Waals surface area contributed by atoms with E-state index < -0.39 is 0 Å². The zero-order valence-corrected chi connectivity index (χ0v) is 9.26. The van der Waals surface area contributed by atoms with Gasteiger partial charge in [0.2, 0.25) is 0 Å². The summed E-state index contributed by atoms with van der Waals surface area (Å²) in [5.41, 5.74) is 0. The molecule has 2 aliphatic rings. The van der Waals surface area contributed by atoms with E-state index in [1.165, 1.54) is 38.5 Å². The summed E-state index contributed by atoms with van der Waals surface area (Å²) in [4.78, 5) is 0. The molecule has 0 aromatic heterocycles. The van der Waals surface area contributed by atoms with Crippen molar-refractivity contribution in [1.29, 1.82) is 0 Å². The van der Waals surface area contributed by atoms with Crippen LogP contribution in [0.1, 0.15) is 52.4 Å². The molecule has 2 fully saturated rings. The molecule has 0 N–H and O–H groups in total. The molecular weight excluding hydrogens is 155 g/mol. The van der Waals surface area contributed by atoms with Crippen LogP contribution in [-0.2, 0) is 0 Å². The Morgan fingerprint density at radius 2 is 1.23 bits per heavy atom. The first-order chi connectivity index (χ1) is 6.27. The summed E-state index contributed by atoms with van der Waals surface area (Å²) in [5.74, 6) is 4.25. The molecule has 0 amide bonds. The Balaban J connectivity index is 1.82. The van der Waals surface area contributed by atoms with Crippen molar-refractivity contribution in [2.24, 2.45) is 11.8 Å². The summed E-state index contributed by atoms with van der Waals surface area (Å²) >= 11 is 0. The van der Waals surface area contributed by atoms with Crippen molar-refractivity contribution in [1.82, 2.24) is 0 Å². The minimum Gasteiger partial charge on any atom is -0.0629 e. The molecule has 74 valence electrons. The second kappa shape index (κ2) is 4.06. The molecular formula is C12H23B. The first-order valence-electron chi connectivity index (χ1n) is 6.27. The van der Waals surface area contributed by atoms with Gasteiger partial charge in [-0.2, -0.15) is 0 Å². The Morgan fingerprint density at radius 1 is 0.769 bits per heavy atom. The summed E-state index contributed by atoms with van der Waals surface area (Å²) in [6, 6.07) is 0. The van der Waals surface area contributed by atoms with Crippen LogP contribution in [0.3, 0.4) is 0 Å². The number of hydrogen-bond acceptors (Lipinski definition) is 0. The average Bonchev–Trinajstić information content (AvgIpc) is 2.65. The van der Waals surface area contributed by atoms with E-state index in [0.717, 1.165) is 23.5 Å². The van der Waals surface area contributed by atoms with E-state index >= 15 is 0 Å². The van der Waals surface area contributed by atoms with Gasteiger partial charge in [0, 0.05) is 0 Å². The first kappa shape index (κ1) is 9.61. The second-order valence-corrected chi connectivity index (χ2v) is 5.57. The summed E-state index contributed by atoms with van der Waals surface area (Å²) < 4.78 is 0. The monoisotopic (exact) mass is 178 g/mol. The molecule has 0 radical (unpaired) electrons. The molecule has 2 saturated carbocycles. The van der Waals surface area contributed by atoms with E-state index in [9.17, 15) is 0 Å². The highest BCUT2D eigenvalue weighted by atomic mass is 14.3. The molecule has 2 aliphatic carbocycles. The SMILES string of the molecule is CC1CCCC1BC1CCCC1C. The lowest BCUT2D eigenvalue weighted by Crippen LogP contribution is -2.15. The standard InChI is InChI=1S/C12H23B/c1-9-5-3-7-11(9)13-12-8-4-6-10(12)2/h9-13H,3-8H2,1-2H3. The summed E-state index contributed by atoms with van der Waals surface area (Å²) in [6.07, 6.45) is 9.09. The van der Waals surface area contributed by atoms with E-state index in [1.807, 2.05) is 0 Å². The zero-order valence-electron chi connectivity index (χ0n) is 9.26. The Bertz CT molecular complexity index is 149. The molecule has 2 rings (SSSR count). The van der Waals surface area contributed by atoms with Gasteiger partial charge >= 0.3 is 0 Å². The molecule has 0 aliphatic heterocycles. The molecule has 0 heterocycles. The van der Waals surface area contributed by atoms with Gasteiger partial charge in [0.15, 0.2) is 0 Å².